The average Bonchev–Trinajstić information content (AvgIpc) is 3.46. The fourth-order valence-corrected chi connectivity index (χ4v) is 3.01. The van der Waals surface area contributed by atoms with E-state index in [1.54, 1.807) is 0 Å². The van der Waals surface area contributed by atoms with Gasteiger partial charge < -0.3 is 20.4 Å². The lowest BCUT2D eigenvalue weighted by atomic mass is 10.2. The van der Waals surface area contributed by atoms with E-state index in [0.717, 1.165) is 63.5 Å². The number of hydrogen-bond acceptors (Lipinski definition) is 4. The van der Waals surface area contributed by atoms with Crippen molar-refractivity contribution in [3.8, 4) is 0 Å². The molecule has 6 heteroatoms. The van der Waals surface area contributed by atoms with E-state index < -0.39 is 0 Å². The number of guanidine groups is 1. The number of aliphatic imine (C=N–C) groups is 1. The average molecular weight is 330 g/mol. The zero-order chi connectivity index (χ0) is 16.8. The first-order valence-corrected chi connectivity index (χ1v) is 9.15. The second kappa shape index (κ2) is 8.33. The molecule has 0 spiro atoms. The fraction of sp³-hybridized carbons (Fsp3) is 0.667. The largest absolute Gasteiger partial charge is 0.356 e. The Hall–Kier alpha value is -1.82. The monoisotopic (exact) mass is 330 g/mol. The Labute approximate surface area is 145 Å². The molecular formula is C18H30N6. The van der Waals surface area contributed by atoms with Crippen LogP contribution < -0.4 is 15.5 Å². The van der Waals surface area contributed by atoms with Crippen LogP contribution in [0.15, 0.2) is 23.3 Å². The lowest BCUT2D eigenvalue weighted by Crippen LogP contribution is -2.46. The Bertz CT molecular complexity index is 546. The number of likely N-dealkylation sites (N-methyl/N-ethyl adjacent to an activating group) is 1. The van der Waals surface area contributed by atoms with E-state index in [-0.39, 0.29) is 0 Å². The zero-order valence-electron chi connectivity index (χ0n) is 15.0. The quantitative estimate of drug-likeness (QED) is 0.608. The summed E-state index contributed by atoms with van der Waals surface area (Å²) in [4.78, 5) is 13.7. The van der Waals surface area contributed by atoms with E-state index in [1.807, 2.05) is 13.2 Å². The second-order valence-electron chi connectivity index (χ2n) is 6.69. The van der Waals surface area contributed by atoms with Gasteiger partial charge in [0.15, 0.2) is 5.96 Å². The molecule has 3 rings (SSSR count). The molecule has 24 heavy (non-hydrogen) atoms. The van der Waals surface area contributed by atoms with Crippen molar-refractivity contribution in [2.24, 2.45) is 10.9 Å². The minimum atomic E-state index is 0.773. The number of nitrogens with zero attached hydrogens (tertiary/aromatic N) is 4. The van der Waals surface area contributed by atoms with Crippen LogP contribution in [0.2, 0.25) is 0 Å². The second-order valence-corrected chi connectivity index (χ2v) is 6.69. The van der Waals surface area contributed by atoms with E-state index in [4.69, 9.17) is 0 Å². The summed E-state index contributed by atoms with van der Waals surface area (Å²) in [5.74, 6) is 2.82. The van der Waals surface area contributed by atoms with Gasteiger partial charge in [-0.15, -0.1) is 0 Å². The van der Waals surface area contributed by atoms with Gasteiger partial charge in [0.25, 0.3) is 0 Å². The molecule has 0 amide bonds. The van der Waals surface area contributed by atoms with E-state index in [2.05, 4.69) is 49.5 Å². The van der Waals surface area contributed by atoms with Gasteiger partial charge in [-0.2, -0.15) is 0 Å². The zero-order valence-corrected chi connectivity index (χ0v) is 15.0. The molecule has 1 saturated carbocycles. The maximum Gasteiger partial charge on any atom is 0.191 e. The Morgan fingerprint density at radius 3 is 2.71 bits per heavy atom. The molecule has 1 aliphatic heterocycles. The highest BCUT2D eigenvalue weighted by Crippen LogP contribution is 2.27. The number of anilines is 1. The van der Waals surface area contributed by atoms with Crippen molar-refractivity contribution in [3.05, 3.63) is 23.9 Å². The summed E-state index contributed by atoms with van der Waals surface area (Å²) >= 11 is 0. The third-order valence-electron chi connectivity index (χ3n) is 4.89. The van der Waals surface area contributed by atoms with Gasteiger partial charge >= 0.3 is 0 Å². The molecule has 0 atom stereocenters. The van der Waals surface area contributed by atoms with Crippen LogP contribution in [0.25, 0.3) is 0 Å². The predicted octanol–water partition coefficient (Wildman–Crippen LogP) is 1.30. The lowest BCUT2D eigenvalue weighted by molar-refractivity contribution is 0.270. The highest BCUT2D eigenvalue weighted by atomic mass is 15.3. The molecule has 1 saturated heterocycles. The number of rotatable bonds is 6. The summed E-state index contributed by atoms with van der Waals surface area (Å²) in [6, 6.07) is 4.27. The van der Waals surface area contributed by atoms with Gasteiger partial charge in [0.05, 0.1) is 0 Å². The van der Waals surface area contributed by atoms with Crippen LogP contribution in [-0.4, -0.2) is 62.2 Å². The highest BCUT2D eigenvalue weighted by molar-refractivity contribution is 5.79. The summed E-state index contributed by atoms with van der Waals surface area (Å²) in [6.07, 6.45) is 4.62. The van der Waals surface area contributed by atoms with Crippen molar-refractivity contribution < 1.29 is 0 Å². The Balaban J connectivity index is 1.51. The van der Waals surface area contributed by atoms with Gasteiger partial charge in [-0.25, -0.2) is 4.98 Å². The maximum atomic E-state index is 4.56. The van der Waals surface area contributed by atoms with Crippen molar-refractivity contribution in [2.75, 3.05) is 51.2 Å². The summed E-state index contributed by atoms with van der Waals surface area (Å²) in [5.41, 5.74) is 1.24. The SMILES string of the molecule is CCN1CCN(c2cc(CNC(=NC)NCC3CC3)ccn2)CC1. The van der Waals surface area contributed by atoms with Crippen molar-refractivity contribution in [3.63, 3.8) is 0 Å². The molecule has 2 N–H and O–H groups in total. The topological polar surface area (TPSA) is 55.8 Å². The van der Waals surface area contributed by atoms with Gasteiger partial charge in [0, 0.05) is 52.5 Å². The normalized spacial score (nSPS) is 19.4. The molecule has 132 valence electrons. The van der Waals surface area contributed by atoms with Gasteiger partial charge in [0.2, 0.25) is 0 Å². The van der Waals surface area contributed by atoms with Crippen LogP contribution in [0.4, 0.5) is 5.82 Å². The van der Waals surface area contributed by atoms with E-state index >= 15 is 0 Å². The number of aromatic nitrogens is 1. The Morgan fingerprint density at radius 2 is 2.04 bits per heavy atom. The number of nitrogens with one attached hydrogen (secondary N) is 2. The maximum absolute atomic E-state index is 4.56. The molecule has 0 unspecified atom stereocenters. The molecule has 1 aromatic heterocycles. The van der Waals surface area contributed by atoms with Crippen molar-refractivity contribution in [1.29, 1.82) is 0 Å². The molecule has 2 aliphatic rings. The molecule has 0 radical (unpaired) electrons. The van der Waals surface area contributed by atoms with Crippen LogP contribution in [0.5, 0.6) is 0 Å². The third kappa shape index (κ3) is 4.84. The van der Waals surface area contributed by atoms with Gasteiger partial charge in [-0.3, -0.25) is 4.99 Å². The van der Waals surface area contributed by atoms with Crippen molar-refractivity contribution in [2.45, 2.75) is 26.3 Å². The number of hydrogen-bond donors (Lipinski definition) is 2. The standard InChI is InChI=1S/C18H30N6/c1-3-23-8-10-24(11-9-23)17-12-16(6-7-20-17)14-22-18(19-2)21-13-15-4-5-15/h6-7,12,15H,3-5,8-11,13-14H2,1-2H3,(H2,19,21,22). The van der Waals surface area contributed by atoms with Crippen LogP contribution in [0.3, 0.4) is 0 Å². The fourth-order valence-electron chi connectivity index (χ4n) is 3.01. The van der Waals surface area contributed by atoms with Crippen LogP contribution in [0, 0.1) is 5.92 Å². The molecule has 0 bridgehead atoms. The number of pyridine rings is 1. The minimum Gasteiger partial charge on any atom is -0.356 e. The predicted molar refractivity (Wildman–Crippen MR) is 99.5 cm³/mol. The van der Waals surface area contributed by atoms with Crippen molar-refractivity contribution >= 4 is 11.8 Å². The van der Waals surface area contributed by atoms with E-state index in [0.29, 0.717) is 0 Å². The first-order valence-electron chi connectivity index (χ1n) is 9.15. The van der Waals surface area contributed by atoms with Gasteiger partial charge in [0.1, 0.15) is 5.82 Å². The van der Waals surface area contributed by atoms with Gasteiger partial charge in [-0.1, -0.05) is 6.92 Å². The van der Waals surface area contributed by atoms with Gasteiger partial charge in [-0.05, 0) is 43.0 Å². The first-order chi connectivity index (χ1) is 11.8. The molecule has 6 nitrogen and oxygen atoms in total. The first kappa shape index (κ1) is 17.0. The lowest BCUT2D eigenvalue weighted by Gasteiger charge is -2.34. The smallest absolute Gasteiger partial charge is 0.191 e. The summed E-state index contributed by atoms with van der Waals surface area (Å²) in [6.45, 7) is 9.53. The van der Waals surface area contributed by atoms with Crippen LogP contribution in [-0.2, 0) is 6.54 Å². The summed E-state index contributed by atoms with van der Waals surface area (Å²) < 4.78 is 0. The van der Waals surface area contributed by atoms with Crippen molar-refractivity contribution in [1.82, 2.24) is 20.5 Å². The molecule has 1 aromatic rings. The summed E-state index contributed by atoms with van der Waals surface area (Å²) in [7, 11) is 1.83. The number of piperazine rings is 1. The molecular weight excluding hydrogens is 300 g/mol. The highest BCUT2D eigenvalue weighted by Gasteiger charge is 2.21. The third-order valence-corrected chi connectivity index (χ3v) is 4.89. The minimum absolute atomic E-state index is 0.773. The van der Waals surface area contributed by atoms with E-state index in [9.17, 15) is 0 Å². The molecule has 2 fully saturated rings. The van der Waals surface area contributed by atoms with Crippen LogP contribution >= 0.6 is 0 Å². The Morgan fingerprint density at radius 1 is 1.25 bits per heavy atom. The van der Waals surface area contributed by atoms with E-state index in [1.165, 1.54) is 18.4 Å². The molecule has 1 aliphatic carbocycles. The molecule has 0 aromatic carbocycles. The summed E-state index contributed by atoms with van der Waals surface area (Å²) in [5, 5.41) is 6.80. The molecule has 2 heterocycles. The van der Waals surface area contributed by atoms with Crippen LogP contribution in [0.1, 0.15) is 25.3 Å². The Kier molecular flexibility index (Phi) is 5.91.